The first-order valence-electron chi connectivity index (χ1n) is 11.9. The number of carbonyl (C=O) groups excluding carboxylic acids is 4. The molecule has 2 heterocycles. The van der Waals surface area contributed by atoms with Gasteiger partial charge in [0.2, 0.25) is 18.6 Å². The van der Waals surface area contributed by atoms with Crippen molar-refractivity contribution in [2.24, 2.45) is 23.2 Å². The van der Waals surface area contributed by atoms with Crippen molar-refractivity contribution in [2.45, 2.75) is 46.5 Å². The zero-order chi connectivity index (χ0) is 25.1. The number of carbonyl (C=O) groups is 4. The van der Waals surface area contributed by atoms with Crippen molar-refractivity contribution in [3.8, 4) is 12.3 Å². The van der Waals surface area contributed by atoms with E-state index < -0.39 is 30.1 Å². The number of nitrogens with one attached hydrogen (secondary N) is 2. The van der Waals surface area contributed by atoms with Gasteiger partial charge in [0, 0.05) is 19.6 Å². The van der Waals surface area contributed by atoms with E-state index in [1.165, 1.54) is 0 Å². The van der Waals surface area contributed by atoms with Crippen LogP contribution in [0, 0.1) is 35.5 Å². The van der Waals surface area contributed by atoms with Crippen molar-refractivity contribution >= 4 is 23.8 Å². The highest BCUT2D eigenvalue weighted by Crippen LogP contribution is 2.19. The van der Waals surface area contributed by atoms with Gasteiger partial charge >= 0.3 is 11.9 Å². The molecule has 2 N–H and O–H groups in total. The number of esters is 2. The number of amides is 2. The Morgan fingerprint density at radius 2 is 1.88 bits per heavy atom. The largest absolute Gasteiger partial charge is 0.427 e. The second kappa shape index (κ2) is 13.1. The molecule has 34 heavy (non-hydrogen) atoms. The van der Waals surface area contributed by atoms with Crippen LogP contribution in [0.15, 0.2) is 12.2 Å². The standard InChI is InChI=1S/C25H37N3O6/c1-5-19(23(31)33-17-34-24(32)25(2,3)4)15-27-22(30)20-7-6-14-28(16-20)21(29)9-8-18-10-12-26-13-11-18/h1,8-9,18-20,26H,6-7,10-17H2,2-4H3,(H,27,30)/b9-8+/t19-,20+/m0/s1. The van der Waals surface area contributed by atoms with E-state index in [1.54, 1.807) is 31.7 Å². The number of likely N-dealkylation sites (tertiary alicyclic amines) is 1. The summed E-state index contributed by atoms with van der Waals surface area (Å²) in [4.78, 5) is 50.8. The Labute approximate surface area is 202 Å². The highest BCUT2D eigenvalue weighted by Gasteiger charge is 2.29. The average molecular weight is 476 g/mol. The molecule has 0 aromatic rings. The summed E-state index contributed by atoms with van der Waals surface area (Å²) in [5.41, 5.74) is -0.718. The minimum atomic E-state index is -1.01. The molecular weight excluding hydrogens is 438 g/mol. The van der Waals surface area contributed by atoms with E-state index >= 15 is 0 Å². The molecule has 0 aromatic heterocycles. The maximum atomic E-state index is 12.7. The van der Waals surface area contributed by atoms with Crippen molar-refractivity contribution in [2.75, 3.05) is 39.5 Å². The minimum absolute atomic E-state index is 0.0779. The molecule has 2 atom stereocenters. The fourth-order valence-electron chi connectivity index (χ4n) is 3.77. The van der Waals surface area contributed by atoms with Crippen molar-refractivity contribution in [3.63, 3.8) is 0 Å². The lowest BCUT2D eigenvalue weighted by atomic mass is 9.96. The van der Waals surface area contributed by atoms with E-state index in [1.807, 2.05) is 6.08 Å². The molecule has 188 valence electrons. The lowest BCUT2D eigenvalue weighted by molar-refractivity contribution is -0.174. The van der Waals surface area contributed by atoms with E-state index in [9.17, 15) is 19.2 Å². The van der Waals surface area contributed by atoms with Gasteiger partial charge in [0.25, 0.3) is 0 Å². The van der Waals surface area contributed by atoms with Gasteiger partial charge in [-0.3, -0.25) is 19.2 Å². The monoisotopic (exact) mass is 475 g/mol. The molecule has 0 saturated carbocycles. The predicted molar refractivity (Wildman–Crippen MR) is 126 cm³/mol. The summed E-state index contributed by atoms with van der Waals surface area (Å²) in [6.07, 6.45) is 12.5. The number of terminal acetylenes is 1. The predicted octanol–water partition coefficient (Wildman–Crippen LogP) is 1.24. The quantitative estimate of drug-likeness (QED) is 0.235. The van der Waals surface area contributed by atoms with Crippen LogP contribution in [0.25, 0.3) is 0 Å². The van der Waals surface area contributed by atoms with Crippen LogP contribution in [-0.4, -0.2) is 68.2 Å². The Bertz CT molecular complexity index is 804. The maximum Gasteiger partial charge on any atom is 0.325 e. The number of hydrogen-bond acceptors (Lipinski definition) is 7. The molecule has 2 rings (SSSR count). The molecule has 2 saturated heterocycles. The molecule has 0 bridgehead atoms. The van der Waals surface area contributed by atoms with Gasteiger partial charge in [-0.15, -0.1) is 6.42 Å². The van der Waals surface area contributed by atoms with E-state index in [0.29, 0.717) is 25.4 Å². The number of ether oxygens (including phenoxy) is 2. The molecule has 0 aromatic carbocycles. The van der Waals surface area contributed by atoms with E-state index in [-0.39, 0.29) is 24.3 Å². The zero-order valence-corrected chi connectivity index (χ0v) is 20.4. The fourth-order valence-corrected chi connectivity index (χ4v) is 3.77. The first-order valence-corrected chi connectivity index (χ1v) is 11.9. The molecule has 9 nitrogen and oxygen atoms in total. The summed E-state index contributed by atoms with van der Waals surface area (Å²) < 4.78 is 9.83. The Kier molecular flexibility index (Phi) is 10.6. The van der Waals surface area contributed by atoms with E-state index in [2.05, 4.69) is 16.6 Å². The molecule has 0 spiro atoms. The summed E-state index contributed by atoms with van der Waals surface area (Å²) in [7, 11) is 0. The third-order valence-electron chi connectivity index (χ3n) is 5.97. The molecular formula is C25H37N3O6. The molecule has 0 aliphatic carbocycles. The Morgan fingerprint density at radius 3 is 2.53 bits per heavy atom. The maximum absolute atomic E-state index is 12.7. The summed E-state index contributed by atoms with van der Waals surface area (Å²) >= 11 is 0. The highest BCUT2D eigenvalue weighted by molar-refractivity contribution is 5.88. The SMILES string of the molecule is C#C[C@@H](CNC(=O)[C@@H]1CCCN(C(=O)/C=C/C2CCNCC2)C1)C(=O)OCOC(=O)C(C)(C)C. The molecule has 9 heteroatoms. The van der Waals surface area contributed by atoms with Gasteiger partial charge in [0.15, 0.2) is 0 Å². The number of rotatable bonds is 8. The van der Waals surface area contributed by atoms with Gasteiger partial charge < -0.3 is 25.0 Å². The molecule has 2 amide bonds. The van der Waals surface area contributed by atoms with Gasteiger partial charge in [-0.1, -0.05) is 12.0 Å². The Balaban J connectivity index is 1.77. The topological polar surface area (TPSA) is 114 Å². The molecule has 0 radical (unpaired) electrons. The normalized spacial score (nSPS) is 20.3. The van der Waals surface area contributed by atoms with Crippen LogP contribution >= 0.6 is 0 Å². The summed E-state index contributed by atoms with van der Waals surface area (Å²) in [5.74, 6) is -0.270. The lowest BCUT2D eigenvalue weighted by Gasteiger charge is -2.31. The number of piperidine rings is 2. The first-order chi connectivity index (χ1) is 16.1. The van der Waals surface area contributed by atoms with Crippen molar-refractivity contribution in [3.05, 3.63) is 12.2 Å². The first kappa shape index (κ1) is 27.4. The van der Waals surface area contributed by atoms with Crippen LogP contribution in [0.2, 0.25) is 0 Å². The van der Waals surface area contributed by atoms with Crippen LogP contribution in [0.3, 0.4) is 0 Å². The third kappa shape index (κ3) is 8.82. The van der Waals surface area contributed by atoms with Gasteiger partial charge in [-0.05, 0) is 71.5 Å². The highest BCUT2D eigenvalue weighted by atomic mass is 16.7. The van der Waals surface area contributed by atoms with Gasteiger partial charge in [-0.25, -0.2) is 0 Å². The molecule has 2 aliphatic heterocycles. The lowest BCUT2D eigenvalue weighted by Crippen LogP contribution is -2.46. The second-order valence-electron chi connectivity index (χ2n) is 9.80. The minimum Gasteiger partial charge on any atom is -0.427 e. The number of allylic oxidation sites excluding steroid dienone is 1. The third-order valence-corrected chi connectivity index (χ3v) is 5.97. The summed E-state index contributed by atoms with van der Waals surface area (Å²) in [5, 5.41) is 6.00. The van der Waals surface area contributed by atoms with Crippen LogP contribution in [0.4, 0.5) is 0 Å². The van der Waals surface area contributed by atoms with Crippen molar-refractivity contribution < 1.29 is 28.7 Å². The second-order valence-corrected chi connectivity index (χ2v) is 9.80. The van der Waals surface area contributed by atoms with Crippen LogP contribution in [0.5, 0.6) is 0 Å². The van der Waals surface area contributed by atoms with Crippen LogP contribution in [0.1, 0.15) is 46.5 Å². The Hall–Kier alpha value is -2.86. The fraction of sp³-hybridized carbons (Fsp3) is 0.680. The van der Waals surface area contributed by atoms with Gasteiger partial charge in [-0.2, -0.15) is 0 Å². The summed E-state index contributed by atoms with van der Waals surface area (Å²) in [6, 6.07) is 0. The number of hydrogen-bond donors (Lipinski definition) is 2. The van der Waals surface area contributed by atoms with Crippen molar-refractivity contribution in [1.82, 2.24) is 15.5 Å². The zero-order valence-electron chi connectivity index (χ0n) is 20.4. The van der Waals surface area contributed by atoms with Crippen LogP contribution < -0.4 is 10.6 Å². The number of nitrogens with zero attached hydrogens (tertiary/aromatic N) is 1. The van der Waals surface area contributed by atoms with Crippen molar-refractivity contribution in [1.29, 1.82) is 0 Å². The van der Waals surface area contributed by atoms with E-state index in [4.69, 9.17) is 15.9 Å². The van der Waals surface area contributed by atoms with Crippen LogP contribution in [-0.2, 0) is 28.7 Å². The molecule has 0 unspecified atom stereocenters. The average Bonchev–Trinajstić information content (AvgIpc) is 2.82. The smallest absolute Gasteiger partial charge is 0.325 e. The van der Waals surface area contributed by atoms with E-state index in [0.717, 1.165) is 32.4 Å². The molecule has 2 aliphatic rings. The van der Waals surface area contributed by atoms with Gasteiger partial charge in [0.1, 0.15) is 5.92 Å². The Morgan fingerprint density at radius 1 is 1.18 bits per heavy atom. The summed E-state index contributed by atoms with van der Waals surface area (Å²) in [6.45, 7) is 7.28. The molecule has 2 fully saturated rings. The van der Waals surface area contributed by atoms with Gasteiger partial charge in [0.05, 0.1) is 11.3 Å².